The van der Waals surface area contributed by atoms with Gasteiger partial charge in [-0.3, -0.25) is 9.69 Å². The molecule has 0 aromatic carbocycles. The van der Waals surface area contributed by atoms with Gasteiger partial charge in [0.2, 0.25) is 0 Å². The summed E-state index contributed by atoms with van der Waals surface area (Å²) in [6.45, 7) is 5.70. The molecule has 0 rings (SSSR count). The van der Waals surface area contributed by atoms with Gasteiger partial charge in [0.15, 0.2) is 5.92 Å². The van der Waals surface area contributed by atoms with Crippen LogP contribution in [0.15, 0.2) is 0 Å². The molecule has 0 aromatic heterocycles. The molecule has 0 aliphatic heterocycles. The summed E-state index contributed by atoms with van der Waals surface area (Å²) >= 11 is 0. The number of nitrogens with zero attached hydrogens (tertiary/aromatic N) is 1. The Bertz CT molecular complexity index is 256. The van der Waals surface area contributed by atoms with Crippen molar-refractivity contribution in [2.45, 2.75) is 52.3 Å². The van der Waals surface area contributed by atoms with Gasteiger partial charge in [-0.2, -0.15) is 13.2 Å². The van der Waals surface area contributed by atoms with Gasteiger partial charge in [-0.25, -0.2) is 0 Å². The highest BCUT2D eigenvalue weighted by molar-refractivity contribution is 5.71. The van der Waals surface area contributed by atoms with Gasteiger partial charge >= 0.3 is 12.1 Å². The van der Waals surface area contributed by atoms with E-state index in [2.05, 4.69) is 0 Å². The maximum atomic E-state index is 12.6. The molecule has 18 heavy (non-hydrogen) atoms. The first-order valence-corrected chi connectivity index (χ1v) is 6.27. The number of aliphatic carboxylic acids is 1. The van der Waals surface area contributed by atoms with Gasteiger partial charge in [0, 0.05) is 12.6 Å². The van der Waals surface area contributed by atoms with E-state index in [1.807, 2.05) is 20.8 Å². The summed E-state index contributed by atoms with van der Waals surface area (Å²) in [6, 6.07) is -0.0410. The average molecular weight is 269 g/mol. The summed E-state index contributed by atoms with van der Waals surface area (Å²) in [5, 5.41) is 8.69. The van der Waals surface area contributed by atoms with E-state index >= 15 is 0 Å². The Labute approximate surface area is 106 Å². The van der Waals surface area contributed by atoms with Gasteiger partial charge in [-0.1, -0.05) is 20.3 Å². The fourth-order valence-corrected chi connectivity index (χ4v) is 1.67. The molecular weight excluding hydrogens is 247 g/mol. The largest absolute Gasteiger partial charge is 0.481 e. The quantitative estimate of drug-likeness (QED) is 0.736. The van der Waals surface area contributed by atoms with Gasteiger partial charge in [-0.05, 0) is 26.3 Å². The van der Waals surface area contributed by atoms with E-state index < -0.39 is 24.6 Å². The minimum Gasteiger partial charge on any atom is -0.481 e. The van der Waals surface area contributed by atoms with E-state index in [1.165, 1.54) is 0 Å². The number of unbranched alkanes of at least 4 members (excludes halogenated alkanes) is 1. The molecule has 0 bridgehead atoms. The Morgan fingerprint density at radius 3 is 2.22 bits per heavy atom. The van der Waals surface area contributed by atoms with Crippen LogP contribution in [0.3, 0.4) is 0 Å². The summed E-state index contributed by atoms with van der Waals surface area (Å²) < 4.78 is 37.8. The summed E-state index contributed by atoms with van der Waals surface area (Å²) in [6.07, 6.45) is -2.34. The zero-order valence-corrected chi connectivity index (χ0v) is 11.1. The first kappa shape index (κ1) is 17.2. The topological polar surface area (TPSA) is 40.5 Å². The van der Waals surface area contributed by atoms with Crippen molar-refractivity contribution in [2.24, 2.45) is 5.92 Å². The van der Waals surface area contributed by atoms with E-state index in [4.69, 9.17) is 5.11 Å². The Morgan fingerprint density at radius 1 is 1.33 bits per heavy atom. The lowest BCUT2D eigenvalue weighted by molar-refractivity contribution is -0.197. The molecule has 0 saturated heterocycles. The first-order valence-electron chi connectivity index (χ1n) is 6.27. The van der Waals surface area contributed by atoms with E-state index in [9.17, 15) is 18.0 Å². The predicted molar refractivity (Wildman–Crippen MR) is 63.4 cm³/mol. The minimum atomic E-state index is -4.69. The zero-order valence-electron chi connectivity index (χ0n) is 11.1. The molecule has 0 aliphatic rings. The molecule has 2 unspecified atom stereocenters. The molecule has 2 atom stereocenters. The number of hydrogen-bond acceptors (Lipinski definition) is 2. The number of carboxylic acids is 1. The van der Waals surface area contributed by atoms with E-state index in [-0.39, 0.29) is 6.04 Å². The van der Waals surface area contributed by atoms with E-state index in [0.29, 0.717) is 13.0 Å². The molecule has 6 heteroatoms. The summed E-state index contributed by atoms with van der Waals surface area (Å²) in [4.78, 5) is 12.3. The molecule has 0 saturated carbocycles. The third-order valence-electron chi connectivity index (χ3n) is 3.12. The maximum absolute atomic E-state index is 12.6. The molecule has 1 N–H and O–H groups in total. The second-order valence-electron chi connectivity index (χ2n) is 4.54. The third kappa shape index (κ3) is 5.71. The standard InChI is InChI=1S/C12H22F3NO2/c1-4-6-7-16(9(3)5-2)8-10(11(17)18)12(13,14)15/h9-10H,4-8H2,1-3H3,(H,17,18). The van der Waals surface area contributed by atoms with Crippen LogP contribution in [-0.4, -0.2) is 41.3 Å². The lowest BCUT2D eigenvalue weighted by atomic mass is 10.1. The molecule has 0 fully saturated rings. The van der Waals surface area contributed by atoms with E-state index in [0.717, 1.165) is 12.8 Å². The SMILES string of the molecule is CCCCN(CC(C(=O)O)C(F)(F)F)C(C)CC. The van der Waals surface area contributed by atoms with Crippen LogP contribution in [0.25, 0.3) is 0 Å². The van der Waals surface area contributed by atoms with Crippen LogP contribution in [0, 0.1) is 5.92 Å². The van der Waals surface area contributed by atoms with Crippen molar-refractivity contribution < 1.29 is 23.1 Å². The van der Waals surface area contributed by atoms with Crippen LogP contribution in [0.4, 0.5) is 13.2 Å². The zero-order chi connectivity index (χ0) is 14.3. The highest BCUT2D eigenvalue weighted by Crippen LogP contribution is 2.28. The molecule has 0 radical (unpaired) electrons. The van der Waals surface area contributed by atoms with Crippen molar-refractivity contribution in [3.8, 4) is 0 Å². The van der Waals surface area contributed by atoms with Gasteiger partial charge in [0.05, 0.1) is 0 Å². The van der Waals surface area contributed by atoms with Gasteiger partial charge < -0.3 is 5.11 Å². The highest BCUT2D eigenvalue weighted by atomic mass is 19.4. The Morgan fingerprint density at radius 2 is 1.89 bits per heavy atom. The van der Waals surface area contributed by atoms with Gasteiger partial charge in [-0.15, -0.1) is 0 Å². The second-order valence-corrected chi connectivity index (χ2v) is 4.54. The Kier molecular flexibility index (Phi) is 7.28. The van der Waals surface area contributed by atoms with Crippen LogP contribution in [0.2, 0.25) is 0 Å². The van der Waals surface area contributed by atoms with Crippen LogP contribution in [0.5, 0.6) is 0 Å². The highest BCUT2D eigenvalue weighted by Gasteiger charge is 2.46. The second kappa shape index (κ2) is 7.61. The Hall–Kier alpha value is -0.780. The summed E-state index contributed by atoms with van der Waals surface area (Å²) in [5.41, 5.74) is 0. The molecule has 108 valence electrons. The fourth-order valence-electron chi connectivity index (χ4n) is 1.67. The van der Waals surface area contributed by atoms with Crippen molar-refractivity contribution in [1.29, 1.82) is 0 Å². The van der Waals surface area contributed by atoms with Crippen molar-refractivity contribution in [1.82, 2.24) is 4.90 Å². The number of rotatable bonds is 8. The van der Waals surface area contributed by atoms with Crippen LogP contribution in [-0.2, 0) is 4.79 Å². The normalized spacial score (nSPS) is 15.7. The fraction of sp³-hybridized carbons (Fsp3) is 0.917. The van der Waals surface area contributed by atoms with Crippen LogP contribution >= 0.6 is 0 Å². The molecule has 0 heterocycles. The molecular formula is C12H22F3NO2. The lowest BCUT2D eigenvalue weighted by Gasteiger charge is -2.31. The average Bonchev–Trinajstić information content (AvgIpc) is 2.26. The number of halogens is 3. The maximum Gasteiger partial charge on any atom is 0.403 e. The first-order chi connectivity index (χ1) is 8.23. The molecule has 0 aliphatic carbocycles. The number of hydrogen-bond donors (Lipinski definition) is 1. The smallest absolute Gasteiger partial charge is 0.403 e. The molecule has 3 nitrogen and oxygen atoms in total. The molecule has 0 aromatic rings. The van der Waals surface area contributed by atoms with Crippen LogP contribution < -0.4 is 0 Å². The van der Waals surface area contributed by atoms with Crippen molar-refractivity contribution in [3.05, 3.63) is 0 Å². The summed E-state index contributed by atoms with van der Waals surface area (Å²) in [5.74, 6) is -4.10. The predicted octanol–water partition coefficient (Wildman–Crippen LogP) is 3.15. The van der Waals surface area contributed by atoms with Crippen molar-refractivity contribution in [3.63, 3.8) is 0 Å². The lowest BCUT2D eigenvalue weighted by Crippen LogP contribution is -2.45. The van der Waals surface area contributed by atoms with Gasteiger partial charge in [0.1, 0.15) is 0 Å². The minimum absolute atomic E-state index is 0.0410. The third-order valence-corrected chi connectivity index (χ3v) is 3.12. The summed E-state index contributed by atoms with van der Waals surface area (Å²) in [7, 11) is 0. The van der Waals surface area contributed by atoms with Gasteiger partial charge in [0.25, 0.3) is 0 Å². The van der Waals surface area contributed by atoms with E-state index in [1.54, 1.807) is 4.90 Å². The number of alkyl halides is 3. The Balaban J connectivity index is 4.75. The van der Waals surface area contributed by atoms with Crippen molar-refractivity contribution >= 4 is 5.97 Å². The van der Waals surface area contributed by atoms with Crippen LogP contribution in [0.1, 0.15) is 40.0 Å². The van der Waals surface area contributed by atoms with Crippen molar-refractivity contribution in [2.75, 3.05) is 13.1 Å². The number of carbonyl (C=O) groups is 1. The molecule has 0 spiro atoms. The monoisotopic (exact) mass is 269 g/mol. The number of carboxylic acid groups (broad SMARTS) is 1. The molecule has 0 amide bonds.